The Morgan fingerprint density at radius 3 is 2.93 bits per heavy atom. The predicted octanol–water partition coefficient (Wildman–Crippen LogP) is 2.52. The summed E-state index contributed by atoms with van der Waals surface area (Å²) >= 11 is 3.44. The summed E-state index contributed by atoms with van der Waals surface area (Å²) in [6.45, 7) is 2.68. The minimum Gasteiger partial charge on any atom is -0.341 e. The summed E-state index contributed by atoms with van der Waals surface area (Å²) in [4.78, 5) is 13.5. The number of hydrogen-bond donors (Lipinski definition) is 0. The molecule has 74 valence electrons. The van der Waals surface area contributed by atoms with Crippen LogP contribution in [0.15, 0.2) is 22.7 Å². The number of likely N-dealkylation sites (N-methyl/N-ethyl adjacent to an activating group) is 1. The topological polar surface area (TPSA) is 20.3 Å². The minimum absolute atomic E-state index is 0.00292. The van der Waals surface area contributed by atoms with Crippen LogP contribution >= 0.6 is 15.9 Å². The van der Waals surface area contributed by atoms with E-state index in [4.69, 9.17) is 0 Å². The number of fused-ring (bicyclic) bond motifs is 1. The normalized spacial score (nSPS) is 20.9. The van der Waals surface area contributed by atoms with Gasteiger partial charge in [-0.3, -0.25) is 4.79 Å². The fourth-order valence-electron chi connectivity index (χ4n) is 1.93. The molecule has 1 unspecified atom stereocenters. The summed E-state index contributed by atoms with van der Waals surface area (Å²) in [7, 11) is 1.85. The molecule has 14 heavy (non-hydrogen) atoms. The molecule has 1 heterocycles. The fraction of sp³-hybridized carbons (Fsp3) is 0.364. The molecule has 0 N–H and O–H groups in total. The Kier molecular flexibility index (Phi) is 2.35. The van der Waals surface area contributed by atoms with Gasteiger partial charge in [0.05, 0.1) is 5.92 Å². The van der Waals surface area contributed by atoms with E-state index < -0.39 is 0 Å². The average Bonchev–Trinajstić information content (AvgIpc) is 2.14. The van der Waals surface area contributed by atoms with Crippen LogP contribution in [0, 0.1) is 0 Å². The molecule has 1 atom stereocenters. The van der Waals surface area contributed by atoms with Gasteiger partial charge in [0.25, 0.3) is 0 Å². The molecule has 3 heteroatoms. The third-order valence-corrected chi connectivity index (χ3v) is 3.22. The lowest BCUT2D eigenvalue weighted by atomic mass is 9.91. The van der Waals surface area contributed by atoms with Gasteiger partial charge in [0.2, 0.25) is 5.91 Å². The maximum Gasteiger partial charge on any atom is 0.229 e. The van der Waals surface area contributed by atoms with Crippen molar-refractivity contribution in [2.75, 3.05) is 7.05 Å². The molecule has 1 aliphatic heterocycles. The molecule has 1 aromatic carbocycles. The lowest BCUT2D eigenvalue weighted by molar-refractivity contribution is -0.132. The smallest absolute Gasteiger partial charge is 0.229 e. The zero-order valence-corrected chi connectivity index (χ0v) is 9.84. The Labute approximate surface area is 92.0 Å². The lowest BCUT2D eigenvalue weighted by Gasteiger charge is -2.29. The first kappa shape index (κ1) is 9.71. The Hall–Kier alpha value is -0.830. The zero-order chi connectivity index (χ0) is 10.3. The second kappa shape index (κ2) is 3.39. The van der Waals surface area contributed by atoms with Gasteiger partial charge in [-0.1, -0.05) is 22.0 Å². The number of carbonyl (C=O) groups excluding carboxylic acids is 1. The van der Waals surface area contributed by atoms with Crippen LogP contribution in [0.4, 0.5) is 0 Å². The van der Waals surface area contributed by atoms with Crippen molar-refractivity contribution in [3.63, 3.8) is 0 Å². The summed E-state index contributed by atoms with van der Waals surface area (Å²) in [6.07, 6.45) is 0. The average molecular weight is 254 g/mol. The minimum atomic E-state index is -0.00292. The van der Waals surface area contributed by atoms with Crippen molar-refractivity contribution in [1.29, 1.82) is 0 Å². The van der Waals surface area contributed by atoms with E-state index >= 15 is 0 Å². The molecule has 0 bridgehead atoms. The van der Waals surface area contributed by atoms with Crippen LogP contribution in [0.5, 0.6) is 0 Å². The van der Waals surface area contributed by atoms with Gasteiger partial charge in [-0.2, -0.15) is 0 Å². The van der Waals surface area contributed by atoms with Crippen LogP contribution in [0.3, 0.4) is 0 Å². The molecule has 1 aliphatic rings. The van der Waals surface area contributed by atoms with E-state index in [2.05, 4.69) is 22.0 Å². The molecule has 0 radical (unpaired) electrons. The number of hydrogen-bond acceptors (Lipinski definition) is 1. The molecule has 0 aromatic heterocycles. The number of carbonyl (C=O) groups is 1. The van der Waals surface area contributed by atoms with Gasteiger partial charge >= 0.3 is 0 Å². The highest BCUT2D eigenvalue weighted by Crippen LogP contribution is 2.30. The highest BCUT2D eigenvalue weighted by Gasteiger charge is 2.27. The molecule has 1 aromatic rings. The Bertz CT molecular complexity index is 389. The third-order valence-electron chi connectivity index (χ3n) is 2.73. The molecule has 0 saturated carbocycles. The molecule has 2 nitrogen and oxygen atoms in total. The number of nitrogens with zero attached hydrogens (tertiary/aromatic N) is 1. The summed E-state index contributed by atoms with van der Waals surface area (Å²) in [5.41, 5.74) is 2.41. The lowest BCUT2D eigenvalue weighted by Crippen LogP contribution is -2.35. The number of benzene rings is 1. The van der Waals surface area contributed by atoms with Crippen molar-refractivity contribution in [1.82, 2.24) is 4.90 Å². The molecule has 0 fully saturated rings. The Morgan fingerprint density at radius 1 is 1.50 bits per heavy atom. The molecule has 0 saturated heterocycles. The van der Waals surface area contributed by atoms with E-state index in [9.17, 15) is 4.79 Å². The van der Waals surface area contributed by atoms with Gasteiger partial charge in [0, 0.05) is 18.1 Å². The fourth-order valence-corrected chi connectivity index (χ4v) is 2.34. The first-order valence-electron chi connectivity index (χ1n) is 4.63. The second-order valence-electron chi connectivity index (χ2n) is 3.76. The van der Waals surface area contributed by atoms with E-state index in [1.807, 2.05) is 26.1 Å². The van der Waals surface area contributed by atoms with Gasteiger partial charge < -0.3 is 4.90 Å². The first-order valence-corrected chi connectivity index (χ1v) is 5.42. The van der Waals surface area contributed by atoms with Crippen LogP contribution in [0.25, 0.3) is 0 Å². The standard InChI is InChI=1S/C11H12BrNO/c1-7-10-4-3-9(12)5-8(10)6-13(2)11(7)14/h3-5,7H,6H2,1-2H3. The van der Waals surface area contributed by atoms with E-state index in [-0.39, 0.29) is 11.8 Å². The van der Waals surface area contributed by atoms with E-state index in [0.717, 1.165) is 16.6 Å². The number of rotatable bonds is 0. The van der Waals surface area contributed by atoms with E-state index in [1.54, 1.807) is 4.90 Å². The zero-order valence-electron chi connectivity index (χ0n) is 8.25. The molecule has 2 rings (SSSR count). The van der Waals surface area contributed by atoms with Gasteiger partial charge in [-0.15, -0.1) is 0 Å². The van der Waals surface area contributed by atoms with Gasteiger partial charge in [0.1, 0.15) is 0 Å². The number of amides is 1. The largest absolute Gasteiger partial charge is 0.341 e. The number of halogens is 1. The molecule has 1 amide bonds. The van der Waals surface area contributed by atoms with E-state index in [1.165, 1.54) is 5.56 Å². The van der Waals surface area contributed by atoms with Crippen molar-refractivity contribution in [2.45, 2.75) is 19.4 Å². The SMILES string of the molecule is CC1C(=O)N(C)Cc2cc(Br)ccc21. The van der Waals surface area contributed by atoms with Crippen molar-refractivity contribution in [3.05, 3.63) is 33.8 Å². The van der Waals surface area contributed by atoms with Crippen LogP contribution in [0.2, 0.25) is 0 Å². The molecule has 0 aliphatic carbocycles. The summed E-state index contributed by atoms with van der Waals surface area (Å²) in [6, 6.07) is 6.12. The van der Waals surface area contributed by atoms with Crippen LogP contribution < -0.4 is 0 Å². The highest BCUT2D eigenvalue weighted by atomic mass is 79.9. The molecular weight excluding hydrogens is 242 g/mol. The monoisotopic (exact) mass is 253 g/mol. The Morgan fingerprint density at radius 2 is 2.21 bits per heavy atom. The van der Waals surface area contributed by atoms with Crippen LogP contribution in [0.1, 0.15) is 24.0 Å². The summed E-state index contributed by atoms with van der Waals surface area (Å²) < 4.78 is 1.08. The first-order chi connectivity index (χ1) is 6.59. The van der Waals surface area contributed by atoms with Crippen LogP contribution in [-0.4, -0.2) is 17.9 Å². The van der Waals surface area contributed by atoms with Crippen LogP contribution in [-0.2, 0) is 11.3 Å². The quantitative estimate of drug-likeness (QED) is 0.696. The molecular formula is C11H12BrNO. The van der Waals surface area contributed by atoms with Gasteiger partial charge in [0.15, 0.2) is 0 Å². The van der Waals surface area contributed by atoms with Crippen molar-refractivity contribution >= 4 is 21.8 Å². The van der Waals surface area contributed by atoms with E-state index in [0.29, 0.717) is 0 Å². The van der Waals surface area contributed by atoms with Gasteiger partial charge in [-0.25, -0.2) is 0 Å². The molecule has 0 spiro atoms. The maximum absolute atomic E-state index is 11.7. The second-order valence-corrected chi connectivity index (χ2v) is 4.67. The van der Waals surface area contributed by atoms with Crippen molar-refractivity contribution < 1.29 is 4.79 Å². The highest BCUT2D eigenvalue weighted by molar-refractivity contribution is 9.10. The van der Waals surface area contributed by atoms with Crippen molar-refractivity contribution in [2.24, 2.45) is 0 Å². The summed E-state index contributed by atoms with van der Waals surface area (Å²) in [5, 5.41) is 0. The maximum atomic E-state index is 11.7. The van der Waals surface area contributed by atoms with Crippen molar-refractivity contribution in [3.8, 4) is 0 Å². The summed E-state index contributed by atoms with van der Waals surface area (Å²) in [5.74, 6) is 0.205. The predicted molar refractivity (Wildman–Crippen MR) is 59.0 cm³/mol. The Balaban J connectivity index is 2.50. The third kappa shape index (κ3) is 1.46. The van der Waals surface area contributed by atoms with Gasteiger partial charge in [-0.05, 0) is 30.2 Å².